The van der Waals surface area contributed by atoms with E-state index in [1.165, 1.54) is 10.6 Å². The molecular formula is C14H24N4O3S2. The number of amides is 1. The molecule has 1 N–H and O–H groups in total. The van der Waals surface area contributed by atoms with Gasteiger partial charge >= 0.3 is 0 Å². The second kappa shape index (κ2) is 7.67. The molecule has 2 rings (SSSR count). The molecule has 1 amide bonds. The Morgan fingerprint density at radius 1 is 1.43 bits per heavy atom. The number of carbonyl (C=O) groups excluding carboxylic acids is 1. The van der Waals surface area contributed by atoms with E-state index in [-0.39, 0.29) is 5.91 Å². The molecule has 1 aliphatic heterocycles. The average molecular weight is 361 g/mol. The van der Waals surface area contributed by atoms with Gasteiger partial charge in [-0.3, -0.25) is 9.48 Å². The molecule has 1 aliphatic rings. The van der Waals surface area contributed by atoms with E-state index in [4.69, 9.17) is 0 Å². The number of hydrogen-bond acceptors (Lipinski definition) is 5. The first-order valence-corrected chi connectivity index (χ1v) is 10.5. The summed E-state index contributed by atoms with van der Waals surface area (Å²) >= 11 is 1.60. The van der Waals surface area contributed by atoms with E-state index >= 15 is 0 Å². The fraction of sp³-hybridized carbons (Fsp3) is 0.714. The van der Waals surface area contributed by atoms with Crippen molar-refractivity contribution < 1.29 is 13.2 Å². The molecule has 0 atom stereocenters. The summed E-state index contributed by atoms with van der Waals surface area (Å²) in [4.78, 5) is 11.7. The number of nitrogens with one attached hydrogen (secondary N) is 1. The Hall–Kier alpha value is -1.06. The van der Waals surface area contributed by atoms with Gasteiger partial charge in [0.25, 0.3) is 0 Å². The molecule has 1 aromatic heterocycles. The zero-order chi connectivity index (χ0) is 17.0. The number of nitrogens with zero attached hydrogens (tertiary/aromatic N) is 3. The van der Waals surface area contributed by atoms with Crippen molar-refractivity contribution in [1.82, 2.24) is 19.4 Å². The highest BCUT2D eigenvalue weighted by atomic mass is 32.2. The van der Waals surface area contributed by atoms with Crippen molar-refractivity contribution >= 4 is 27.7 Å². The monoisotopic (exact) mass is 360 g/mol. The molecule has 23 heavy (non-hydrogen) atoms. The van der Waals surface area contributed by atoms with Crippen LogP contribution in [0.2, 0.25) is 0 Å². The standard InChI is InChI=1S/C14H24N4O3S2/c1-11(2)22-10-14(19)15-8-12-7-13-9-17(23(3,20)21)5-4-6-18(13)16-12/h7,11H,4-6,8-10H2,1-3H3,(H,15,19). The predicted octanol–water partition coefficient (Wildman–Crippen LogP) is 0.806. The third-order valence-electron chi connectivity index (χ3n) is 3.51. The lowest BCUT2D eigenvalue weighted by molar-refractivity contribution is -0.118. The summed E-state index contributed by atoms with van der Waals surface area (Å²) < 4.78 is 26.8. The fourth-order valence-electron chi connectivity index (χ4n) is 2.34. The summed E-state index contributed by atoms with van der Waals surface area (Å²) in [5.41, 5.74) is 1.63. The van der Waals surface area contributed by atoms with Crippen molar-refractivity contribution in [1.29, 1.82) is 0 Å². The summed E-state index contributed by atoms with van der Waals surface area (Å²) in [5.74, 6) is 0.428. The molecule has 0 saturated heterocycles. The van der Waals surface area contributed by atoms with Crippen LogP contribution in [-0.4, -0.2) is 52.2 Å². The molecule has 0 aliphatic carbocycles. The van der Waals surface area contributed by atoms with E-state index in [9.17, 15) is 13.2 Å². The quantitative estimate of drug-likeness (QED) is 0.811. The predicted molar refractivity (Wildman–Crippen MR) is 91.5 cm³/mol. The Balaban J connectivity index is 1.96. The van der Waals surface area contributed by atoms with Gasteiger partial charge in [-0.1, -0.05) is 13.8 Å². The molecular weight excluding hydrogens is 336 g/mol. The molecule has 1 aromatic rings. The van der Waals surface area contributed by atoms with Crippen molar-refractivity contribution in [2.45, 2.75) is 45.2 Å². The molecule has 0 spiro atoms. The first kappa shape index (κ1) is 18.3. The van der Waals surface area contributed by atoms with Gasteiger partial charge in [-0.05, 0) is 17.7 Å². The third-order valence-corrected chi connectivity index (χ3v) is 5.86. The Morgan fingerprint density at radius 3 is 2.83 bits per heavy atom. The summed E-state index contributed by atoms with van der Waals surface area (Å²) in [6, 6.07) is 1.87. The van der Waals surface area contributed by atoms with Gasteiger partial charge in [-0.25, -0.2) is 8.42 Å². The van der Waals surface area contributed by atoms with Gasteiger partial charge in [0.2, 0.25) is 15.9 Å². The van der Waals surface area contributed by atoms with Crippen molar-refractivity contribution in [2.24, 2.45) is 0 Å². The van der Waals surface area contributed by atoms with E-state index in [0.29, 0.717) is 37.2 Å². The largest absolute Gasteiger partial charge is 0.350 e. The van der Waals surface area contributed by atoms with Gasteiger partial charge in [0.1, 0.15) is 0 Å². The first-order valence-electron chi connectivity index (χ1n) is 7.64. The van der Waals surface area contributed by atoms with Crippen molar-refractivity contribution in [3.05, 3.63) is 17.5 Å². The minimum absolute atomic E-state index is 0.00958. The number of aryl methyl sites for hydroxylation is 1. The average Bonchev–Trinajstić information content (AvgIpc) is 2.72. The van der Waals surface area contributed by atoms with Gasteiger partial charge in [-0.15, -0.1) is 11.8 Å². The summed E-state index contributed by atoms with van der Waals surface area (Å²) in [6.07, 6.45) is 1.96. The van der Waals surface area contributed by atoms with Gasteiger partial charge in [0, 0.05) is 13.1 Å². The van der Waals surface area contributed by atoms with Crippen molar-refractivity contribution in [2.75, 3.05) is 18.6 Å². The van der Waals surface area contributed by atoms with E-state index < -0.39 is 10.0 Å². The third kappa shape index (κ3) is 5.50. The molecule has 9 heteroatoms. The lowest BCUT2D eigenvalue weighted by Gasteiger charge is -2.16. The molecule has 0 unspecified atom stereocenters. The first-order chi connectivity index (χ1) is 10.8. The summed E-state index contributed by atoms with van der Waals surface area (Å²) in [7, 11) is -3.20. The number of fused-ring (bicyclic) bond motifs is 1. The Kier molecular flexibility index (Phi) is 6.10. The van der Waals surface area contributed by atoms with Crippen LogP contribution in [0, 0.1) is 0 Å². The van der Waals surface area contributed by atoms with E-state index in [1.54, 1.807) is 11.8 Å². The fourth-order valence-corrected chi connectivity index (χ4v) is 3.76. The molecule has 7 nitrogen and oxygen atoms in total. The molecule has 0 fully saturated rings. The van der Waals surface area contributed by atoms with Crippen LogP contribution in [0.5, 0.6) is 0 Å². The van der Waals surface area contributed by atoms with E-state index in [1.807, 2.05) is 10.7 Å². The molecule has 0 saturated carbocycles. The van der Waals surface area contributed by atoms with Crippen LogP contribution >= 0.6 is 11.8 Å². The van der Waals surface area contributed by atoms with Crippen molar-refractivity contribution in [3.63, 3.8) is 0 Å². The lowest BCUT2D eigenvalue weighted by atomic mass is 10.3. The number of rotatable bonds is 6. The Labute approximate surface area is 141 Å². The van der Waals surface area contributed by atoms with Crippen LogP contribution in [-0.2, 0) is 34.5 Å². The Morgan fingerprint density at radius 2 is 2.17 bits per heavy atom. The zero-order valence-electron chi connectivity index (χ0n) is 13.8. The summed E-state index contributed by atoms with van der Waals surface area (Å²) in [5, 5.41) is 7.74. The second-order valence-corrected chi connectivity index (χ2v) is 9.48. The second-order valence-electron chi connectivity index (χ2n) is 5.94. The van der Waals surface area contributed by atoms with Crippen molar-refractivity contribution in [3.8, 4) is 0 Å². The highest BCUT2D eigenvalue weighted by Gasteiger charge is 2.22. The topological polar surface area (TPSA) is 84.3 Å². The molecule has 0 bridgehead atoms. The number of hydrogen-bond donors (Lipinski definition) is 1. The zero-order valence-corrected chi connectivity index (χ0v) is 15.4. The number of carbonyl (C=O) groups is 1. The lowest BCUT2D eigenvalue weighted by Crippen LogP contribution is -2.29. The maximum absolute atomic E-state index is 11.7. The van der Waals surface area contributed by atoms with Crippen LogP contribution in [0.4, 0.5) is 0 Å². The van der Waals surface area contributed by atoms with Crippen LogP contribution < -0.4 is 5.32 Å². The number of aromatic nitrogens is 2. The minimum atomic E-state index is -3.20. The molecule has 0 radical (unpaired) electrons. The highest BCUT2D eigenvalue weighted by molar-refractivity contribution is 8.00. The van der Waals surface area contributed by atoms with Crippen LogP contribution in [0.3, 0.4) is 0 Å². The smallest absolute Gasteiger partial charge is 0.230 e. The highest BCUT2D eigenvalue weighted by Crippen LogP contribution is 2.16. The van der Waals surface area contributed by atoms with E-state index in [0.717, 1.165) is 17.8 Å². The Bertz CT molecular complexity index is 655. The maximum Gasteiger partial charge on any atom is 0.230 e. The molecule has 2 heterocycles. The molecule has 130 valence electrons. The van der Waals surface area contributed by atoms with Gasteiger partial charge in [-0.2, -0.15) is 9.40 Å². The SMILES string of the molecule is CC(C)SCC(=O)NCc1cc2n(n1)CCCN(S(C)(=O)=O)C2. The minimum Gasteiger partial charge on any atom is -0.350 e. The normalized spacial score (nSPS) is 16.2. The van der Waals surface area contributed by atoms with Crippen LogP contribution in [0.1, 0.15) is 31.7 Å². The maximum atomic E-state index is 11.7. The molecule has 0 aromatic carbocycles. The number of sulfonamides is 1. The van der Waals surface area contributed by atoms with Gasteiger partial charge < -0.3 is 5.32 Å². The van der Waals surface area contributed by atoms with Gasteiger partial charge in [0.15, 0.2) is 0 Å². The summed E-state index contributed by atoms with van der Waals surface area (Å²) in [6.45, 7) is 6.02. The number of thioether (sulfide) groups is 1. The van der Waals surface area contributed by atoms with E-state index in [2.05, 4.69) is 24.3 Å². The van der Waals surface area contributed by atoms with Crippen LogP contribution in [0.25, 0.3) is 0 Å². The van der Waals surface area contributed by atoms with Gasteiger partial charge in [0.05, 0.1) is 36.5 Å². The van der Waals surface area contributed by atoms with Crippen LogP contribution in [0.15, 0.2) is 6.07 Å².